The van der Waals surface area contributed by atoms with Gasteiger partial charge in [0.05, 0.1) is 0 Å². The van der Waals surface area contributed by atoms with Gasteiger partial charge < -0.3 is 0 Å². The molecule has 0 nitrogen and oxygen atoms in total. The average Bonchev–Trinajstić information content (AvgIpc) is 2.70. The summed E-state index contributed by atoms with van der Waals surface area (Å²) in [6, 6.07) is 18.6. The molecule has 2 aromatic rings. The first-order valence-corrected chi connectivity index (χ1v) is 5.44. The Bertz CT molecular complexity index is 412. The van der Waals surface area contributed by atoms with Gasteiger partial charge in [0.25, 0.3) is 0 Å². The van der Waals surface area contributed by atoms with E-state index in [4.69, 9.17) is 0 Å². The molecule has 0 bridgehead atoms. The first-order valence-electron chi connectivity index (χ1n) is 5.44. The third kappa shape index (κ3) is 1.62. The minimum Gasteiger partial charge on any atom is -0.0699 e. The highest BCUT2D eigenvalue weighted by Gasteiger charge is 2.15. The third-order valence-electron chi connectivity index (χ3n) is 2.58. The molecule has 0 heterocycles. The molecule has 0 aromatic heterocycles. The molecule has 0 saturated heterocycles. The van der Waals surface area contributed by atoms with Crippen molar-refractivity contribution in [2.24, 2.45) is 0 Å². The van der Waals surface area contributed by atoms with Gasteiger partial charge in [0.15, 0.2) is 0 Å². The van der Waals surface area contributed by atoms with Crippen LogP contribution in [0.15, 0.2) is 36.4 Å². The lowest BCUT2D eigenvalue weighted by molar-refractivity contribution is 1.26. The van der Waals surface area contributed by atoms with Crippen molar-refractivity contribution in [1.29, 1.82) is 0 Å². The molecule has 15 heavy (non-hydrogen) atoms. The number of hydrogen-bond acceptors (Lipinski definition) is 0. The maximum atomic E-state index is 3.01. The van der Waals surface area contributed by atoms with Gasteiger partial charge in [-0.15, -0.1) is 0 Å². The highest BCUT2D eigenvalue weighted by atomic mass is 14.2. The Hall–Kier alpha value is -1.74. The second-order valence-corrected chi connectivity index (χ2v) is 3.35. The summed E-state index contributed by atoms with van der Waals surface area (Å²) in [5.74, 6) is 0. The minimum atomic E-state index is 1.05. The monoisotopic (exact) mass is 194 g/mol. The van der Waals surface area contributed by atoms with Crippen LogP contribution in [0.1, 0.15) is 25.0 Å². The Kier molecular flexibility index (Phi) is 2.74. The summed E-state index contributed by atoms with van der Waals surface area (Å²) in [5, 5.41) is 0. The standard InChI is InChI=1S/C13H8.C2H6/c1-3-7-12-10(5-1)9-11-6-2-4-8-13(11)12;1-2/h1,3,5-8H,9H2;1-2H3. The quantitative estimate of drug-likeness (QED) is 0.509. The second kappa shape index (κ2) is 4.19. The lowest BCUT2D eigenvalue weighted by atomic mass is 10.1. The molecule has 74 valence electrons. The third-order valence-corrected chi connectivity index (χ3v) is 2.58. The molecule has 3 rings (SSSR count). The van der Waals surface area contributed by atoms with Crippen LogP contribution in [0.25, 0.3) is 11.1 Å². The van der Waals surface area contributed by atoms with E-state index in [1.54, 1.807) is 0 Å². The van der Waals surface area contributed by atoms with Crippen LogP contribution in [0, 0.1) is 12.1 Å². The van der Waals surface area contributed by atoms with E-state index in [2.05, 4.69) is 36.4 Å². The van der Waals surface area contributed by atoms with Crippen LogP contribution in [0.4, 0.5) is 0 Å². The summed E-state index contributed by atoms with van der Waals surface area (Å²) in [7, 11) is 0. The fraction of sp³-hybridized carbons (Fsp3) is 0.200. The van der Waals surface area contributed by atoms with Crippen molar-refractivity contribution in [2.75, 3.05) is 0 Å². The largest absolute Gasteiger partial charge is 0.0699 e. The predicted octanol–water partition coefficient (Wildman–Crippen LogP) is 3.88. The number of hydrogen-bond donors (Lipinski definition) is 0. The fourth-order valence-corrected chi connectivity index (χ4v) is 1.95. The highest BCUT2D eigenvalue weighted by molar-refractivity contribution is 5.75. The van der Waals surface area contributed by atoms with Crippen molar-refractivity contribution in [3.8, 4) is 11.1 Å². The molecule has 0 atom stereocenters. The zero-order valence-electron chi connectivity index (χ0n) is 9.17. The first kappa shape index (κ1) is 9.80. The molecule has 1 aliphatic carbocycles. The molecular weight excluding hydrogens is 180 g/mol. The lowest BCUT2D eigenvalue weighted by Gasteiger charge is -1.96. The number of rotatable bonds is 0. The van der Waals surface area contributed by atoms with E-state index in [1.807, 2.05) is 26.0 Å². The van der Waals surface area contributed by atoms with E-state index in [1.165, 1.54) is 22.3 Å². The molecule has 0 spiro atoms. The Balaban J connectivity index is 0.000000404. The zero-order chi connectivity index (χ0) is 10.7. The normalized spacial score (nSPS) is 10.5. The van der Waals surface area contributed by atoms with Gasteiger partial charge in [0.2, 0.25) is 0 Å². The van der Waals surface area contributed by atoms with Gasteiger partial charge in [-0.2, -0.15) is 0 Å². The van der Waals surface area contributed by atoms with E-state index in [0.29, 0.717) is 0 Å². The van der Waals surface area contributed by atoms with Gasteiger partial charge in [-0.05, 0) is 40.8 Å². The molecule has 0 unspecified atom stereocenters. The molecule has 0 amide bonds. The van der Waals surface area contributed by atoms with E-state index in [9.17, 15) is 0 Å². The topological polar surface area (TPSA) is 0 Å². The van der Waals surface area contributed by atoms with Crippen molar-refractivity contribution in [2.45, 2.75) is 20.3 Å². The zero-order valence-corrected chi connectivity index (χ0v) is 9.17. The molecule has 1 aliphatic rings. The van der Waals surface area contributed by atoms with Gasteiger partial charge in [-0.25, -0.2) is 0 Å². The van der Waals surface area contributed by atoms with Crippen LogP contribution in [-0.4, -0.2) is 0 Å². The first-order chi connectivity index (χ1) is 7.45. The maximum Gasteiger partial charge on any atom is -0.000685 e. The Morgan fingerprint density at radius 1 is 0.867 bits per heavy atom. The summed E-state index contributed by atoms with van der Waals surface area (Å²) in [4.78, 5) is 0. The molecule has 0 radical (unpaired) electrons. The second-order valence-electron chi connectivity index (χ2n) is 3.35. The van der Waals surface area contributed by atoms with E-state index < -0.39 is 0 Å². The van der Waals surface area contributed by atoms with Gasteiger partial charge in [0.1, 0.15) is 0 Å². The van der Waals surface area contributed by atoms with Crippen LogP contribution in [-0.2, 0) is 6.42 Å². The molecule has 0 aliphatic heterocycles. The van der Waals surface area contributed by atoms with Crippen molar-refractivity contribution >= 4 is 0 Å². The Labute approximate surface area is 91.6 Å². The minimum absolute atomic E-state index is 1.05. The van der Waals surface area contributed by atoms with Crippen LogP contribution in [0.5, 0.6) is 0 Å². The molecule has 0 fully saturated rings. The highest BCUT2D eigenvalue weighted by Crippen LogP contribution is 2.34. The summed E-state index contributed by atoms with van der Waals surface area (Å²) in [6.45, 7) is 4.00. The Morgan fingerprint density at radius 2 is 1.60 bits per heavy atom. The molecule has 0 saturated carbocycles. The number of fused-ring (bicyclic) bond motifs is 3. The van der Waals surface area contributed by atoms with Crippen LogP contribution < -0.4 is 0 Å². The van der Waals surface area contributed by atoms with Gasteiger partial charge in [-0.1, -0.05) is 50.2 Å². The van der Waals surface area contributed by atoms with E-state index in [-0.39, 0.29) is 0 Å². The van der Waals surface area contributed by atoms with Crippen LogP contribution >= 0.6 is 0 Å². The lowest BCUT2D eigenvalue weighted by Crippen LogP contribution is -1.76. The predicted molar refractivity (Wildman–Crippen MR) is 63.7 cm³/mol. The summed E-state index contributed by atoms with van der Waals surface area (Å²) < 4.78 is 0. The molecule has 0 N–H and O–H groups in total. The molecule has 2 aromatic carbocycles. The van der Waals surface area contributed by atoms with Gasteiger partial charge in [0, 0.05) is 0 Å². The average molecular weight is 194 g/mol. The van der Waals surface area contributed by atoms with Crippen molar-refractivity contribution in [1.82, 2.24) is 0 Å². The van der Waals surface area contributed by atoms with Crippen LogP contribution in [0.3, 0.4) is 0 Å². The van der Waals surface area contributed by atoms with Crippen molar-refractivity contribution < 1.29 is 0 Å². The van der Waals surface area contributed by atoms with Crippen molar-refractivity contribution in [3.05, 3.63) is 59.7 Å². The van der Waals surface area contributed by atoms with Crippen molar-refractivity contribution in [3.63, 3.8) is 0 Å². The summed E-state index contributed by atoms with van der Waals surface area (Å²) in [5.41, 5.74) is 5.49. The molecule has 0 heteroatoms. The maximum absolute atomic E-state index is 3.01. The van der Waals surface area contributed by atoms with Crippen LogP contribution in [0.2, 0.25) is 0 Å². The smallest absolute Gasteiger partial charge is 0.000685 e. The fourth-order valence-electron chi connectivity index (χ4n) is 1.95. The van der Waals surface area contributed by atoms with E-state index in [0.717, 1.165) is 6.42 Å². The summed E-state index contributed by atoms with van der Waals surface area (Å²) >= 11 is 0. The SMILES string of the molecule is CC.c1cc2c(cc#1)-c1ccccc1C2. The molecular formula is C15H14. The van der Waals surface area contributed by atoms with E-state index >= 15 is 0 Å². The summed E-state index contributed by atoms with van der Waals surface area (Å²) in [6.07, 6.45) is 1.05. The van der Waals surface area contributed by atoms with Gasteiger partial charge in [-0.3, -0.25) is 0 Å². The number of benzene rings is 1. The Morgan fingerprint density at radius 3 is 2.47 bits per heavy atom. The van der Waals surface area contributed by atoms with Gasteiger partial charge >= 0.3 is 0 Å².